The third-order valence-electron chi connectivity index (χ3n) is 4.36. The number of aromatic nitrogens is 1. The maximum atomic E-state index is 13.0. The Labute approximate surface area is 171 Å². The second-order valence-electron chi connectivity index (χ2n) is 6.15. The van der Waals surface area contributed by atoms with Crippen molar-refractivity contribution in [2.75, 3.05) is 19.2 Å². The lowest BCUT2D eigenvalue weighted by Gasteiger charge is -2.12. The van der Waals surface area contributed by atoms with Gasteiger partial charge in [0.25, 0.3) is 5.91 Å². The summed E-state index contributed by atoms with van der Waals surface area (Å²) in [5, 5.41) is 8.04. The highest BCUT2D eigenvalue weighted by atomic mass is 32.1. The molecule has 1 aromatic heterocycles. The van der Waals surface area contributed by atoms with Crippen molar-refractivity contribution in [2.45, 2.75) is 5.92 Å². The molecule has 0 bridgehead atoms. The molecule has 0 aliphatic carbocycles. The number of hydrazone groups is 1. The van der Waals surface area contributed by atoms with Gasteiger partial charge in [0.1, 0.15) is 5.75 Å². The first kappa shape index (κ1) is 18.8. The summed E-state index contributed by atoms with van der Waals surface area (Å²) in [6.07, 6.45) is 1.72. The van der Waals surface area contributed by atoms with Gasteiger partial charge in [0.2, 0.25) is 11.0 Å². The Morgan fingerprint density at radius 2 is 1.83 bits per heavy atom. The number of anilines is 1. The third-order valence-corrected chi connectivity index (χ3v) is 5.12. The van der Waals surface area contributed by atoms with E-state index >= 15 is 0 Å². The molecule has 0 radical (unpaired) electrons. The number of para-hydroxylation sites is 1. The molecular formula is C21H18N4O3S. The number of rotatable bonds is 5. The molecule has 29 heavy (non-hydrogen) atoms. The van der Waals surface area contributed by atoms with Crippen LogP contribution in [0.15, 0.2) is 70.1 Å². The largest absolute Gasteiger partial charge is 0.497 e. The summed E-state index contributed by atoms with van der Waals surface area (Å²) >= 11 is 1.36. The molecule has 146 valence electrons. The van der Waals surface area contributed by atoms with Gasteiger partial charge in [-0.15, -0.1) is 16.4 Å². The van der Waals surface area contributed by atoms with Crippen LogP contribution in [0.25, 0.3) is 0 Å². The van der Waals surface area contributed by atoms with E-state index in [1.165, 1.54) is 23.5 Å². The number of amides is 1. The van der Waals surface area contributed by atoms with Crippen molar-refractivity contribution in [3.63, 3.8) is 0 Å². The van der Waals surface area contributed by atoms with Crippen molar-refractivity contribution in [3.8, 4) is 5.75 Å². The highest BCUT2D eigenvalue weighted by Crippen LogP contribution is 2.33. The molecule has 3 aromatic rings. The minimum atomic E-state index is -0.679. The van der Waals surface area contributed by atoms with E-state index in [1.54, 1.807) is 13.3 Å². The number of aliphatic imine (C=N–C) groups is 1. The standard InChI is InChI=1S/C21H18N4O3S/c1-27-16-10-8-14(9-11-16)12-22-21-23-17(13-29-21)18-19(28-2)24-25(20(18)26)15-6-4-3-5-7-15/h3-13,18H,1-2H3. The van der Waals surface area contributed by atoms with E-state index < -0.39 is 5.92 Å². The average Bonchev–Trinajstić information content (AvgIpc) is 3.37. The molecule has 2 aromatic carbocycles. The van der Waals surface area contributed by atoms with Gasteiger partial charge in [0, 0.05) is 11.6 Å². The number of hydrogen-bond acceptors (Lipinski definition) is 7. The van der Waals surface area contributed by atoms with E-state index in [0.717, 1.165) is 11.3 Å². The van der Waals surface area contributed by atoms with E-state index in [2.05, 4.69) is 15.1 Å². The van der Waals surface area contributed by atoms with Gasteiger partial charge < -0.3 is 9.47 Å². The molecular weight excluding hydrogens is 388 g/mol. The summed E-state index contributed by atoms with van der Waals surface area (Å²) in [5.41, 5.74) is 2.18. The second kappa shape index (κ2) is 8.24. The first-order valence-electron chi connectivity index (χ1n) is 8.84. The number of benzene rings is 2. The fraction of sp³-hybridized carbons (Fsp3) is 0.143. The van der Waals surface area contributed by atoms with Crippen LogP contribution in [0.3, 0.4) is 0 Å². The predicted octanol–water partition coefficient (Wildman–Crippen LogP) is 3.99. The molecule has 0 fully saturated rings. The fourth-order valence-corrected chi connectivity index (χ4v) is 3.57. The van der Waals surface area contributed by atoms with Crippen LogP contribution < -0.4 is 9.75 Å². The summed E-state index contributed by atoms with van der Waals surface area (Å²) < 4.78 is 10.5. The maximum Gasteiger partial charge on any atom is 0.266 e. The van der Waals surface area contributed by atoms with Crippen molar-refractivity contribution >= 4 is 40.2 Å². The van der Waals surface area contributed by atoms with Crippen molar-refractivity contribution in [3.05, 3.63) is 71.2 Å². The number of thiazole rings is 1. The number of methoxy groups -OCH3 is 2. The van der Waals surface area contributed by atoms with Gasteiger partial charge in [0.05, 0.1) is 25.6 Å². The SMILES string of the molecule is COC1=NN(c2ccccc2)C(=O)C1c1csc(N=Cc2ccc(OC)cc2)n1. The molecule has 0 saturated heterocycles. The highest BCUT2D eigenvalue weighted by molar-refractivity contribution is 7.13. The Hall–Kier alpha value is -3.52. The Kier molecular flexibility index (Phi) is 5.35. The summed E-state index contributed by atoms with van der Waals surface area (Å²) in [7, 11) is 3.13. The molecule has 8 heteroatoms. The fourth-order valence-electron chi connectivity index (χ4n) is 2.89. The van der Waals surface area contributed by atoms with Gasteiger partial charge >= 0.3 is 0 Å². The van der Waals surface area contributed by atoms with Crippen molar-refractivity contribution in [2.24, 2.45) is 10.1 Å². The minimum Gasteiger partial charge on any atom is -0.497 e. The first-order valence-corrected chi connectivity index (χ1v) is 9.72. The Morgan fingerprint density at radius 3 is 2.52 bits per heavy atom. The van der Waals surface area contributed by atoms with E-state index in [-0.39, 0.29) is 5.91 Å². The van der Waals surface area contributed by atoms with E-state index in [4.69, 9.17) is 9.47 Å². The van der Waals surface area contributed by atoms with Gasteiger partial charge in [-0.2, -0.15) is 5.01 Å². The minimum absolute atomic E-state index is 0.205. The smallest absolute Gasteiger partial charge is 0.266 e. The molecule has 1 aliphatic heterocycles. The topological polar surface area (TPSA) is 76.4 Å². The second-order valence-corrected chi connectivity index (χ2v) is 6.98. The van der Waals surface area contributed by atoms with Crippen LogP contribution in [-0.2, 0) is 9.53 Å². The van der Waals surface area contributed by atoms with Crippen LogP contribution in [0.2, 0.25) is 0 Å². The molecule has 1 aliphatic rings. The van der Waals surface area contributed by atoms with Crippen LogP contribution in [0.1, 0.15) is 17.2 Å². The lowest BCUT2D eigenvalue weighted by Crippen LogP contribution is -2.26. The van der Waals surface area contributed by atoms with Crippen LogP contribution >= 0.6 is 11.3 Å². The lowest BCUT2D eigenvalue weighted by molar-refractivity contribution is -0.118. The Balaban J connectivity index is 1.54. The van der Waals surface area contributed by atoms with Gasteiger partial charge in [-0.3, -0.25) is 4.79 Å². The number of carbonyl (C=O) groups excluding carboxylic acids is 1. The van der Waals surface area contributed by atoms with Crippen LogP contribution in [-0.4, -0.2) is 37.2 Å². The molecule has 0 N–H and O–H groups in total. The molecule has 1 atom stereocenters. The number of hydrogen-bond donors (Lipinski definition) is 0. The summed E-state index contributed by atoms with van der Waals surface area (Å²) in [5.74, 6) is 0.216. The first-order chi connectivity index (χ1) is 14.2. The van der Waals surface area contributed by atoms with Crippen LogP contribution in [0.5, 0.6) is 5.75 Å². The Bertz CT molecular complexity index is 1060. The Morgan fingerprint density at radius 1 is 1.07 bits per heavy atom. The number of nitrogens with zero attached hydrogens (tertiary/aromatic N) is 4. The van der Waals surface area contributed by atoms with Crippen LogP contribution in [0.4, 0.5) is 10.8 Å². The molecule has 0 spiro atoms. The zero-order valence-electron chi connectivity index (χ0n) is 15.9. The average molecular weight is 406 g/mol. The summed E-state index contributed by atoms with van der Waals surface area (Å²) in [4.78, 5) is 21.9. The zero-order valence-corrected chi connectivity index (χ0v) is 16.7. The molecule has 0 saturated carbocycles. The van der Waals surface area contributed by atoms with Gasteiger partial charge in [-0.05, 0) is 42.0 Å². The molecule has 1 unspecified atom stereocenters. The van der Waals surface area contributed by atoms with E-state index in [9.17, 15) is 4.79 Å². The van der Waals surface area contributed by atoms with Gasteiger partial charge in [-0.25, -0.2) is 9.98 Å². The van der Waals surface area contributed by atoms with Gasteiger partial charge in [-0.1, -0.05) is 18.2 Å². The zero-order chi connectivity index (χ0) is 20.2. The monoisotopic (exact) mass is 406 g/mol. The van der Waals surface area contributed by atoms with Crippen molar-refractivity contribution in [1.29, 1.82) is 0 Å². The normalized spacial score (nSPS) is 16.3. The number of carbonyl (C=O) groups is 1. The van der Waals surface area contributed by atoms with Gasteiger partial charge in [0.15, 0.2) is 5.92 Å². The highest BCUT2D eigenvalue weighted by Gasteiger charge is 2.40. The molecule has 1 amide bonds. The van der Waals surface area contributed by atoms with E-state index in [0.29, 0.717) is 22.4 Å². The molecule has 7 nitrogen and oxygen atoms in total. The number of ether oxygens (including phenoxy) is 2. The summed E-state index contributed by atoms with van der Waals surface area (Å²) in [6.45, 7) is 0. The van der Waals surface area contributed by atoms with Crippen molar-refractivity contribution in [1.82, 2.24) is 4.98 Å². The van der Waals surface area contributed by atoms with E-state index in [1.807, 2.05) is 60.0 Å². The predicted molar refractivity (Wildman–Crippen MR) is 113 cm³/mol. The lowest BCUT2D eigenvalue weighted by atomic mass is 10.1. The van der Waals surface area contributed by atoms with Crippen LogP contribution in [0, 0.1) is 0 Å². The quantitative estimate of drug-likeness (QED) is 0.600. The molecule has 2 heterocycles. The molecule has 4 rings (SSSR count). The summed E-state index contributed by atoms with van der Waals surface area (Å²) in [6, 6.07) is 16.8. The maximum absolute atomic E-state index is 13.0. The van der Waals surface area contributed by atoms with Crippen molar-refractivity contribution < 1.29 is 14.3 Å². The third kappa shape index (κ3) is 3.88.